The molecule has 2 aromatic carbocycles. The van der Waals surface area contributed by atoms with Crippen LogP contribution >= 0.6 is 27.5 Å². The van der Waals surface area contributed by atoms with Crippen molar-refractivity contribution >= 4 is 45.1 Å². The van der Waals surface area contributed by atoms with E-state index in [1.165, 1.54) is 0 Å². The number of nitrogens with zero attached hydrogens (tertiary/aromatic N) is 2. The first kappa shape index (κ1) is 22.3. The summed E-state index contributed by atoms with van der Waals surface area (Å²) in [6.07, 6.45) is 4.75. The fourth-order valence-electron chi connectivity index (χ4n) is 3.98. The fraction of sp³-hybridized carbons (Fsp3) is 0.320. The Morgan fingerprint density at radius 3 is 2.58 bits per heavy atom. The molecule has 1 aliphatic carbocycles. The van der Waals surface area contributed by atoms with Crippen LogP contribution in [-0.2, 0) is 16.0 Å². The molecule has 1 aliphatic heterocycles. The number of fused-ring (bicyclic) bond motifs is 1. The van der Waals surface area contributed by atoms with Crippen LogP contribution in [0.4, 0.5) is 0 Å². The lowest BCUT2D eigenvalue weighted by atomic mass is 10.1. The standard InChI is InChI=1S/C25H26BrClN2O2/c1-28-10-12-29(13-11-28)14-15-31-25(30)24-19(5-2-18-3-7-22(27)8-4-18)16-20-17-21(26)6-9-23(20)24/h2-9,17H,10-16H2,1H3/b5-2+. The molecule has 2 aromatic rings. The summed E-state index contributed by atoms with van der Waals surface area (Å²) in [7, 11) is 2.14. The first-order chi connectivity index (χ1) is 15.0. The zero-order valence-corrected chi connectivity index (χ0v) is 20.0. The van der Waals surface area contributed by atoms with Gasteiger partial charge in [-0.3, -0.25) is 4.90 Å². The quantitative estimate of drug-likeness (QED) is 0.526. The normalized spacial score (nSPS) is 17.4. The smallest absolute Gasteiger partial charge is 0.339 e. The highest BCUT2D eigenvalue weighted by atomic mass is 79.9. The predicted molar refractivity (Wildman–Crippen MR) is 130 cm³/mol. The van der Waals surface area contributed by atoms with E-state index in [1.54, 1.807) is 0 Å². The molecule has 1 saturated heterocycles. The van der Waals surface area contributed by atoms with Crippen molar-refractivity contribution < 1.29 is 9.53 Å². The largest absolute Gasteiger partial charge is 0.461 e. The molecule has 31 heavy (non-hydrogen) atoms. The fourth-order valence-corrected chi connectivity index (χ4v) is 4.52. The van der Waals surface area contributed by atoms with Gasteiger partial charge in [0.1, 0.15) is 6.61 Å². The molecular formula is C25H26BrClN2O2. The van der Waals surface area contributed by atoms with Crippen molar-refractivity contribution in [1.82, 2.24) is 9.80 Å². The molecule has 0 N–H and O–H groups in total. The van der Waals surface area contributed by atoms with Gasteiger partial charge in [-0.05, 0) is 60.0 Å². The summed E-state index contributed by atoms with van der Waals surface area (Å²) >= 11 is 9.53. The van der Waals surface area contributed by atoms with Crippen LogP contribution in [0.5, 0.6) is 0 Å². The molecule has 4 rings (SSSR count). The number of benzene rings is 2. The number of ether oxygens (including phenoxy) is 1. The van der Waals surface area contributed by atoms with Gasteiger partial charge in [0.2, 0.25) is 0 Å². The maximum atomic E-state index is 13.1. The van der Waals surface area contributed by atoms with E-state index in [2.05, 4.69) is 38.8 Å². The highest BCUT2D eigenvalue weighted by Gasteiger charge is 2.27. The number of piperazine rings is 1. The Kier molecular flexibility index (Phi) is 7.28. The second-order valence-electron chi connectivity index (χ2n) is 8.04. The van der Waals surface area contributed by atoms with E-state index in [0.717, 1.165) is 59.5 Å². The van der Waals surface area contributed by atoms with Crippen LogP contribution < -0.4 is 0 Å². The predicted octanol–water partition coefficient (Wildman–Crippen LogP) is 4.92. The third-order valence-electron chi connectivity index (χ3n) is 5.83. The van der Waals surface area contributed by atoms with Crippen LogP contribution in [0.3, 0.4) is 0 Å². The second kappa shape index (κ2) is 10.1. The molecule has 1 heterocycles. The summed E-state index contributed by atoms with van der Waals surface area (Å²) in [5.41, 5.74) is 4.79. The number of halogens is 2. The van der Waals surface area contributed by atoms with Crippen molar-refractivity contribution in [3.8, 4) is 0 Å². The SMILES string of the molecule is CN1CCN(CCOC(=O)C2=C(/C=C/c3ccc(Cl)cc3)Cc3cc(Br)ccc32)CC1. The number of hydrogen-bond donors (Lipinski definition) is 0. The molecule has 0 spiro atoms. The Hall–Kier alpha value is -1.92. The summed E-state index contributed by atoms with van der Waals surface area (Å²) in [6.45, 7) is 5.33. The molecule has 1 fully saturated rings. The minimum absolute atomic E-state index is 0.244. The Morgan fingerprint density at radius 2 is 1.84 bits per heavy atom. The number of carbonyl (C=O) groups excluding carboxylic acids is 1. The summed E-state index contributed by atoms with van der Waals surface area (Å²) in [6, 6.07) is 13.7. The van der Waals surface area contributed by atoms with Gasteiger partial charge in [0.25, 0.3) is 0 Å². The lowest BCUT2D eigenvalue weighted by Gasteiger charge is -2.32. The first-order valence-electron chi connectivity index (χ1n) is 10.5. The molecule has 2 aliphatic rings. The van der Waals surface area contributed by atoms with E-state index in [0.29, 0.717) is 23.6 Å². The van der Waals surface area contributed by atoms with E-state index in [-0.39, 0.29) is 5.97 Å². The molecule has 162 valence electrons. The summed E-state index contributed by atoms with van der Waals surface area (Å²) in [5, 5.41) is 0.708. The average Bonchev–Trinajstić information content (AvgIpc) is 3.12. The number of likely N-dealkylation sites (N-methyl/N-ethyl adjacent to an activating group) is 1. The number of rotatable bonds is 6. The van der Waals surface area contributed by atoms with E-state index in [1.807, 2.05) is 48.6 Å². The van der Waals surface area contributed by atoms with E-state index in [9.17, 15) is 4.79 Å². The molecular weight excluding hydrogens is 476 g/mol. The Bertz CT molecular complexity index is 1010. The van der Waals surface area contributed by atoms with Gasteiger partial charge < -0.3 is 9.64 Å². The third-order valence-corrected chi connectivity index (χ3v) is 6.57. The van der Waals surface area contributed by atoms with Crippen LogP contribution in [0.1, 0.15) is 16.7 Å². The first-order valence-corrected chi connectivity index (χ1v) is 11.7. The van der Waals surface area contributed by atoms with Crippen molar-refractivity contribution in [3.63, 3.8) is 0 Å². The van der Waals surface area contributed by atoms with Crippen LogP contribution in [0.25, 0.3) is 11.6 Å². The van der Waals surface area contributed by atoms with Gasteiger partial charge in [0, 0.05) is 42.2 Å². The van der Waals surface area contributed by atoms with Gasteiger partial charge in [-0.15, -0.1) is 0 Å². The van der Waals surface area contributed by atoms with E-state index >= 15 is 0 Å². The van der Waals surface area contributed by atoms with Gasteiger partial charge in [-0.25, -0.2) is 4.79 Å². The lowest BCUT2D eigenvalue weighted by Crippen LogP contribution is -2.45. The van der Waals surface area contributed by atoms with Gasteiger partial charge in [-0.2, -0.15) is 0 Å². The second-order valence-corrected chi connectivity index (χ2v) is 9.40. The molecule has 0 radical (unpaired) electrons. The molecule has 0 amide bonds. The number of carbonyl (C=O) groups is 1. The third kappa shape index (κ3) is 5.66. The Morgan fingerprint density at radius 1 is 1.10 bits per heavy atom. The van der Waals surface area contributed by atoms with Crippen molar-refractivity contribution in [2.75, 3.05) is 46.4 Å². The molecule has 0 unspecified atom stereocenters. The topological polar surface area (TPSA) is 32.8 Å². The maximum Gasteiger partial charge on any atom is 0.339 e. The van der Waals surface area contributed by atoms with Gasteiger partial charge in [0.15, 0.2) is 0 Å². The molecule has 0 bridgehead atoms. The van der Waals surface area contributed by atoms with Crippen molar-refractivity contribution in [2.24, 2.45) is 0 Å². The van der Waals surface area contributed by atoms with Crippen molar-refractivity contribution in [3.05, 3.63) is 80.3 Å². The van der Waals surface area contributed by atoms with Crippen LogP contribution in [0.2, 0.25) is 5.02 Å². The maximum absolute atomic E-state index is 13.1. The monoisotopic (exact) mass is 500 g/mol. The average molecular weight is 502 g/mol. The highest BCUT2D eigenvalue weighted by Crippen LogP contribution is 2.36. The van der Waals surface area contributed by atoms with Crippen LogP contribution in [0.15, 0.2) is 58.6 Å². The molecule has 0 saturated carbocycles. The van der Waals surface area contributed by atoms with Crippen molar-refractivity contribution in [2.45, 2.75) is 6.42 Å². The van der Waals surface area contributed by atoms with E-state index in [4.69, 9.17) is 16.3 Å². The summed E-state index contributed by atoms with van der Waals surface area (Å²) in [5.74, 6) is -0.244. The van der Waals surface area contributed by atoms with E-state index < -0.39 is 0 Å². The lowest BCUT2D eigenvalue weighted by molar-refractivity contribution is -0.137. The zero-order valence-electron chi connectivity index (χ0n) is 17.6. The van der Waals surface area contributed by atoms with Crippen molar-refractivity contribution in [1.29, 1.82) is 0 Å². The number of hydrogen-bond acceptors (Lipinski definition) is 4. The molecule has 6 heteroatoms. The van der Waals surface area contributed by atoms with Crippen LogP contribution in [-0.4, -0.2) is 62.1 Å². The van der Waals surface area contributed by atoms with Gasteiger partial charge in [0.05, 0.1) is 5.57 Å². The number of esters is 1. The minimum atomic E-state index is -0.244. The minimum Gasteiger partial charge on any atom is -0.461 e. The molecule has 0 aromatic heterocycles. The summed E-state index contributed by atoms with van der Waals surface area (Å²) < 4.78 is 6.74. The Balaban J connectivity index is 1.49. The van der Waals surface area contributed by atoms with Gasteiger partial charge in [-0.1, -0.05) is 57.9 Å². The number of allylic oxidation sites excluding steroid dienone is 2. The summed E-state index contributed by atoms with van der Waals surface area (Å²) in [4.78, 5) is 17.8. The Labute approximate surface area is 197 Å². The molecule has 4 nitrogen and oxygen atoms in total. The van der Waals surface area contributed by atoms with Crippen LogP contribution in [0, 0.1) is 0 Å². The highest BCUT2D eigenvalue weighted by molar-refractivity contribution is 9.10. The van der Waals surface area contributed by atoms with Gasteiger partial charge >= 0.3 is 5.97 Å². The molecule has 0 atom stereocenters. The zero-order chi connectivity index (χ0) is 21.8.